The third kappa shape index (κ3) is 4.85. The van der Waals surface area contributed by atoms with Gasteiger partial charge in [-0.05, 0) is 56.6 Å². The summed E-state index contributed by atoms with van der Waals surface area (Å²) in [6, 6.07) is 9.84. The molecule has 2 fully saturated rings. The van der Waals surface area contributed by atoms with Gasteiger partial charge in [-0.15, -0.1) is 0 Å². The van der Waals surface area contributed by atoms with Crippen LogP contribution in [-0.2, 0) is 9.59 Å². The van der Waals surface area contributed by atoms with E-state index < -0.39 is 5.97 Å². The van der Waals surface area contributed by atoms with Gasteiger partial charge in [0.2, 0.25) is 5.91 Å². The van der Waals surface area contributed by atoms with E-state index in [-0.39, 0.29) is 18.4 Å². The van der Waals surface area contributed by atoms with Crippen LogP contribution in [0, 0.1) is 5.92 Å². The van der Waals surface area contributed by atoms with Crippen LogP contribution in [0.5, 0.6) is 0 Å². The molecule has 0 radical (unpaired) electrons. The third-order valence-electron chi connectivity index (χ3n) is 5.70. The molecule has 1 aromatic rings. The summed E-state index contributed by atoms with van der Waals surface area (Å²) in [6.45, 7) is 3.44. The molecule has 0 aliphatic carbocycles. The van der Waals surface area contributed by atoms with Gasteiger partial charge in [-0.3, -0.25) is 14.5 Å². The van der Waals surface area contributed by atoms with Crippen molar-refractivity contribution in [1.29, 1.82) is 0 Å². The molecule has 1 aromatic carbocycles. The van der Waals surface area contributed by atoms with Gasteiger partial charge in [0.15, 0.2) is 0 Å². The summed E-state index contributed by atoms with van der Waals surface area (Å²) in [7, 11) is 0. The minimum atomic E-state index is -0.730. The molecule has 1 N–H and O–H groups in total. The van der Waals surface area contributed by atoms with E-state index in [1.54, 1.807) is 0 Å². The van der Waals surface area contributed by atoms with E-state index in [1.807, 2.05) is 35.2 Å². The van der Waals surface area contributed by atoms with Crippen molar-refractivity contribution in [2.45, 2.75) is 51.0 Å². The minimum absolute atomic E-state index is 0.217. The maximum atomic E-state index is 13.4. The molecule has 26 heavy (non-hydrogen) atoms. The highest BCUT2D eigenvalue weighted by atomic mass is 16.4. The van der Waals surface area contributed by atoms with Crippen molar-refractivity contribution in [3.8, 4) is 0 Å². The standard InChI is InChI=1S/C21H30N2O3/c24-19(25)12-11-17-8-7-15-23(16-17)20(18-9-3-1-4-10-18)21(26)22-13-5-2-6-14-22/h1,3-4,9-10,17,20H,2,5-8,11-16H2,(H,24,25). The SMILES string of the molecule is O=C(O)CCC1CCCN(C(C(=O)N2CCCCC2)c2ccccc2)C1. The Morgan fingerprint density at radius 3 is 2.46 bits per heavy atom. The van der Waals surface area contributed by atoms with Crippen molar-refractivity contribution in [1.82, 2.24) is 9.80 Å². The van der Waals surface area contributed by atoms with Crippen LogP contribution in [0.15, 0.2) is 30.3 Å². The Balaban J connectivity index is 1.76. The highest BCUT2D eigenvalue weighted by Crippen LogP contribution is 2.31. The number of carbonyl (C=O) groups is 2. The number of likely N-dealkylation sites (tertiary alicyclic amines) is 2. The molecule has 2 aliphatic rings. The van der Waals surface area contributed by atoms with Crippen molar-refractivity contribution in [3.05, 3.63) is 35.9 Å². The predicted octanol–water partition coefficient (Wildman–Crippen LogP) is 3.32. The average molecular weight is 358 g/mol. The number of benzene rings is 1. The van der Waals surface area contributed by atoms with Crippen molar-refractivity contribution in [2.24, 2.45) is 5.92 Å². The fraction of sp³-hybridized carbons (Fsp3) is 0.619. The largest absolute Gasteiger partial charge is 0.481 e. The summed E-state index contributed by atoms with van der Waals surface area (Å²) in [5.74, 6) is -0.152. The van der Waals surface area contributed by atoms with Crippen LogP contribution in [0.25, 0.3) is 0 Å². The molecule has 5 nitrogen and oxygen atoms in total. The molecule has 0 bridgehead atoms. The molecular weight excluding hydrogens is 328 g/mol. The fourth-order valence-electron chi connectivity index (χ4n) is 4.33. The number of aliphatic carboxylic acids is 1. The monoisotopic (exact) mass is 358 g/mol. The molecule has 2 aliphatic heterocycles. The molecule has 1 amide bonds. The number of hydrogen-bond donors (Lipinski definition) is 1. The number of hydrogen-bond acceptors (Lipinski definition) is 3. The van der Waals surface area contributed by atoms with Gasteiger partial charge < -0.3 is 10.0 Å². The highest BCUT2D eigenvalue weighted by molar-refractivity contribution is 5.83. The van der Waals surface area contributed by atoms with Crippen LogP contribution < -0.4 is 0 Å². The van der Waals surface area contributed by atoms with E-state index in [2.05, 4.69) is 4.90 Å². The highest BCUT2D eigenvalue weighted by Gasteiger charge is 2.34. The van der Waals surface area contributed by atoms with Gasteiger partial charge in [0.1, 0.15) is 6.04 Å². The minimum Gasteiger partial charge on any atom is -0.481 e. The van der Waals surface area contributed by atoms with Gasteiger partial charge in [0.25, 0.3) is 0 Å². The first-order chi connectivity index (χ1) is 12.6. The normalized spacial score (nSPS) is 22.8. The first kappa shape index (κ1) is 18.9. The van der Waals surface area contributed by atoms with Gasteiger partial charge in [0.05, 0.1) is 0 Å². The van der Waals surface area contributed by atoms with E-state index in [0.717, 1.165) is 57.4 Å². The zero-order valence-electron chi connectivity index (χ0n) is 15.5. The smallest absolute Gasteiger partial charge is 0.303 e. The molecule has 0 aromatic heterocycles. The van der Waals surface area contributed by atoms with E-state index in [1.165, 1.54) is 6.42 Å². The number of piperidine rings is 2. The summed E-state index contributed by atoms with van der Waals surface area (Å²) >= 11 is 0. The molecule has 2 saturated heterocycles. The Kier molecular flexibility index (Phi) is 6.67. The van der Waals surface area contributed by atoms with Gasteiger partial charge in [-0.1, -0.05) is 30.3 Å². The van der Waals surface area contributed by atoms with Gasteiger partial charge >= 0.3 is 5.97 Å². The van der Waals surface area contributed by atoms with Gasteiger partial charge in [-0.25, -0.2) is 0 Å². The van der Waals surface area contributed by atoms with E-state index in [0.29, 0.717) is 12.3 Å². The van der Waals surface area contributed by atoms with Crippen molar-refractivity contribution < 1.29 is 14.7 Å². The van der Waals surface area contributed by atoms with Crippen molar-refractivity contribution in [2.75, 3.05) is 26.2 Å². The second-order valence-electron chi connectivity index (χ2n) is 7.63. The molecule has 3 rings (SSSR count). The van der Waals surface area contributed by atoms with Crippen LogP contribution in [0.4, 0.5) is 0 Å². The van der Waals surface area contributed by atoms with E-state index >= 15 is 0 Å². The van der Waals surface area contributed by atoms with E-state index in [4.69, 9.17) is 5.11 Å². The lowest BCUT2D eigenvalue weighted by Crippen LogP contribution is -2.48. The zero-order chi connectivity index (χ0) is 18.4. The molecule has 0 saturated carbocycles. The van der Waals surface area contributed by atoms with Crippen LogP contribution in [-0.4, -0.2) is 53.0 Å². The van der Waals surface area contributed by atoms with Crippen LogP contribution >= 0.6 is 0 Å². The lowest BCUT2D eigenvalue weighted by Gasteiger charge is -2.40. The number of amides is 1. The topological polar surface area (TPSA) is 60.9 Å². The third-order valence-corrected chi connectivity index (χ3v) is 5.70. The molecule has 2 unspecified atom stereocenters. The Morgan fingerprint density at radius 2 is 1.77 bits per heavy atom. The first-order valence-corrected chi connectivity index (χ1v) is 9.94. The maximum Gasteiger partial charge on any atom is 0.303 e. The molecule has 0 spiro atoms. The van der Waals surface area contributed by atoms with Gasteiger partial charge in [0, 0.05) is 26.1 Å². The summed E-state index contributed by atoms with van der Waals surface area (Å²) in [6.07, 6.45) is 6.40. The molecular formula is C21H30N2O3. The molecule has 5 heteroatoms. The maximum absolute atomic E-state index is 13.4. The Morgan fingerprint density at radius 1 is 1.04 bits per heavy atom. The van der Waals surface area contributed by atoms with Crippen LogP contribution in [0.1, 0.15) is 56.6 Å². The lowest BCUT2D eigenvalue weighted by molar-refractivity contribution is -0.140. The summed E-state index contributed by atoms with van der Waals surface area (Å²) < 4.78 is 0. The Hall–Kier alpha value is -1.88. The summed E-state index contributed by atoms with van der Waals surface area (Å²) in [5, 5.41) is 8.98. The Bertz CT molecular complexity index is 599. The number of carboxylic acids is 1. The van der Waals surface area contributed by atoms with Crippen molar-refractivity contribution >= 4 is 11.9 Å². The van der Waals surface area contributed by atoms with Crippen molar-refractivity contribution in [3.63, 3.8) is 0 Å². The number of carbonyl (C=O) groups excluding carboxylic acids is 1. The van der Waals surface area contributed by atoms with Gasteiger partial charge in [-0.2, -0.15) is 0 Å². The molecule has 2 atom stereocenters. The second-order valence-corrected chi connectivity index (χ2v) is 7.63. The number of carboxylic acid groups (broad SMARTS) is 1. The second kappa shape index (κ2) is 9.17. The van der Waals surface area contributed by atoms with Crippen LogP contribution in [0.2, 0.25) is 0 Å². The van der Waals surface area contributed by atoms with E-state index in [9.17, 15) is 9.59 Å². The molecule has 142 valence electrons. The summed E-state index contributed by atoms with van der Waals surface area (Å²) in [4.78, 5) is 28.6. The first-order valence-electron chi connectivity index (χ1n) is 9.94. The van der Waals surface area contributed by atoms with Crippen LogP contribution in [0.3, 0.4) is 0 Å². The summed E-state index contributed by atoms with van der Waals surface area (Å²) in [5.41, 5.74) is 1.06. The Labute approximate surface area is 156 Å². The number of nitrogens with zero attached hydrogens (tertiary/aromatic N) is 2. The molecule has 2 heterocycles. The fourth-order valence-corrected chi connectivity index (χ4v) is 4.33. The zero-order valence-corrected chi connectivity index (χ0v) is 15.5. The average Bonchev–Trinajstić information content (AvgIpc) is 2.68. The number of rotatable bonds is 6. The lowest BCUT2D eigenvalue weighted by atomic mass is 9.90. The quantitative estimate of drug-likeness (QED) is 0.847. The predicted molar refractivity (Wildman–Crippen MR) is 101 cm³/mol.